The molecule has 0 spiro atoms. The van der Waals surface area contributed by atoms with Gasteiger partial charge in [-0.05, 0) is 24.1 Å². The highest BCUT2D eigenvalue weighted by Gasteiger charge is 2.11. The average molecular weight is 226 g/mol. The third-order valence-corrected chi connectivity index (χ3v) is 1.95. The van der Waals surface area contributed by atoms with E-state index in [0.29, 0.717) is 12.8 Å². The van der Waals surface area contributed by atoms with Crippen LogP contribution >= 0.6 is 0 Å². The van der Waals surface area contributed by atoms with E-state index in [1.807, 2.05) is 0 Å². The van der Waals surface area contributed by atoms with Crippen LogP contribution in [0.3, 0.4) is 0 Å². The maximum Gasteiger partial charge on any atom is 0.190 e. The van der Waals surface area contributed by atoms with Crippen molar-refractivity contribution < 1.29 is 18.6 Å². The van der Waals surface area contributed by atoms with Crippen molar-refractivity contribution in [2.24, 2.45) is 0 Å². The Balaban J connectivity index is 2.69. The predicted molar refractivity (Wildman–Crippen MR) is 55.8 cm³/mol. The van der Waals surface area contributed by atoms with Crippen molar-refractivity contribution >= 4 is 0 Å². The lowest BCUT2D eigenvalue weighted by molar-refractivity contribution is 0.270. The molecule has 0 amide bonds. The first-order chi connectivity index (χ1) is 7.69. The van der Waals surface area contributed by atoms with Gasteiger partial charge in [0.15, 0.2) is 17.4 Å². The second kappa shape index (κ2) is 6.09. The summed E-state index contributed by atoms with van der Waals surface area (Å²) >= 11 is 0. The average Bonchev–Trinajstić information content (AvgIpc) is 2.26. The highest BCUT2D eigenvalue weighted by molar-refractivity contribution is 5.31. The fourth-order valence-electron chi connectivity index (χ4n) is 1.19. The summed E-state index contributed by atoms with van der Waals surface area (Å²) in [7, 11) is 0. The Labute approximate surface area is 92.9 Å². The summed E-state index contributed by atoms with van der Waals surface area (Å²) in [5, 5.41) is 8.73. The van der Waals surface area contributed by atoms with E-state index in [0.717, 1.165) is 12.1 Å². The van der Waals surface area contributed by atoms with Crippen LogP contribution in [-0.4, -0.2) is 11.7 Å². The number of halogens is 2. The number of aliphatic hydroxyl groups excluding tert-OH is 1. The lowest BCUT2D eigenvalue weighted by Crippen LogP contribution is -2.02. The Kier molecular flexibility index (Phi) is 4.74. The number of rotatable bonds is 5. The zero-order chi connectivity index (χ0) is 12.0. The topological polar surface area (TPSA) is 29.5 Å². The Morgan fingerprint density at radius 1 is 1.31 bits per heavy atom. The summed E-state index contributed by atoms with van der Waals surface area (Å²) in [4.78, 5) is 0. The van der Waals surface area contributed by atoms with Crippen LogP contribution < -0.4 is 4.74 Å². The highest BCUT2D eigenvalue weighted by Crippen LogP contribution is 2.23. The SMILES string of the molecule is C#CCCCOc1c(F)cc(CO)cc1F. The van der Waals surface area contributed by atoms with Gasteiger partial charge in [0.05, 0.1) is 13.2 Å². The second-order valence-electron chi connectivity index (χ2n) is 3.20. The Morgan fingerprint density at radius 3 is 2.44 bits per heavy atom. The largest absolute Gasteiger partial charge is 0.488 e. The molecule has 16 heavy (non-hydrogen) atoms. The zero-order valence-corrected chi connectivity index (χ0v) is 8.67. The minimum absolute atomic E-state index is 0.163. The summed E-state index contributed by atoms with van der Waals surface area (Å²) < 4.78 is 31.5. The molecule has 0 aromatic heterocycles. The molecule has 86 valence electrons. The van der Waals surface area contributed by atoms with Gasteiger partial charge in [-0.3, -0.25) is 0 Å². The smallest absolute Gasteiger partial charge is 0.190 e. The van der Waals surface area contributed by atoms with Crippen molar-refractivity contribution in [1.82, 2.24) is 0 Å². The van der Waals surface area contributed by atoms with Gasteiger partial charge in [0.2, 0.25) is 0 Å². The minimum atomic E-state index is -0.815. The molecule has 4 heteroatoms. The first-order valence-corrected chi connectivity index (χ1v) is 4.84. The van der Waals surface area contributed by atoms with Crippen molar-refractivity contribution in [2.45, 2.75) is 19.4 Å². The van der Waals surface area contributed by atoms with Crippen molar-refractivity contribution in [3.63, 3.8) is 0 Å². The first kappa shape index (κ1) is 12.5. The summed E-state index contributed by atoms with van der Waals surface area (Å²) in [6.45, 7) is -0.248. The van der Waals surface area contributed by atoms with Crippen LogP contribution in [0.2, 0.25) is 0 Å². The third-order valence-electron chi connectivity index (χ3n) is 1.95. The molecule has 1 rings (SSSR count). The van der Waals surface area contributed by atoms with E-state index in [-0.39, 0.29) is 12.2 Å². The molecule has 1 N–H and O–H groups in total. The van der Waals surface area contributed by atoms with Crippen LogP contribution in [0.25, 0.3) is 0 Å². The molecule has 0 fully saturated rings. The first-order valence-electron chi connectivity index (χ1n) is 4.84. The van der Waals surface area contributed by atoms with E-state index in [1.54, 1.807) is 0 Å². The number of aliphatic hydroxyl groups is 1. The Morgan fingerprint density at radius 2 is 1.94 bits per heavy atom. The fraction of sp³-hybridized carbons (Fsp3) is 0.333. The molecule has 0 atom stereocenters. The molecule has 1 aromatic rings. The molecular formula is C12H12F2O2. The van der Waals surface area contributed by atoms with Gasteiger partial charge in [0.25, 0.3) is 0 Å². The fourth-order valence-corrected chi connectivity index (χ4v) is 1.19. The summed E-state index contributed by atoms with van der Waals surface area (Å²) in [6.07, 6.45) is 6.06. The van der Waals surface area contributed by atoms with Crippen LogP contribution in [0.15, 0.2) is 12.1 Å². The molecule has 0 aliphatic carbocycles. The summed E-state index contributed by atoms with van der Waals surface area (Å²) in [5.74, 6) is 0.349. The number of hydrogen-bond donors (Lipinski definition) is 1. The van der Waals surface area contributed by atoms with Crippen LogP contribution in [-0.2, 0) is 6.61 Å². The zero-order valence-electron chi connectivity index (χ0n) is 8.67. The summed E-state index contributed by atoms with van der Waals surface area (Å²) in [5.41, 5.74) is 0.172. The number of ether oxygens (including phenoxy) is 1. The molecule has 1 aromatic carbocycles. The van der Waals surface area contributed by atoms with Gasteiger partial charge in [-0.2, -0.15) is 0 Å². The third kappa shape index (κ3) is 3.21. The van der Waals surface area contributed by atoms with Gasteiger partial charge in [-0.25, -0.2) is 8.78 Å². The molecule has 0 unspecified atom stereocenters. The van der Waals surface area contributed by atoms with Gasteiger partial charge < -0.3 is 9.84 Å². The number of benzene rings is 1. The minimum Gasteiger partial charge on any atom is -0.488 e. The highest BCUT2D eigenvalue weighted by atomic mass is 19.1. The number of hydrogen-bond acceptors (Lipinski definition) is 2. The van der Waals surface area contributed by atoms with Gasteiger partial charge >= 0.3 is 0 Å². The molecule has 0 aliphatic heterocycles. The lowest BCUT2D eigenvalue weighted by atomic mass is 10.2. The van der Waals surface area contributed by atoms with Crippen molar-refractivity contribution in [3.8, 4) is 18.1 Å². The van der Waals surface area contributed by atoms with E-state index >= 15 is 0 Å². The second-order valence-corrected chi connectivity index (χ2v) is 3.20. The molecule has 0 aliphatic rings. The Hall–Kier alpha value is -1.60. The number of terminal acetylenes is 1. The monoisotopic (exact) mass is 226 g/mol. The maximum atomic E-state index is 13.3. The van der Waals surface area contributed by atoms with Crippen LogP contribution in [0.1, 0.15) is 18.4 Å². The number of unbranched alkanes of at least 4 members (excludes halogenated alkanes) is 1. The Bertz CT molecular complexity index is 373. The molecule has 0 heterocycles. The molecule has 0 saturated carbocycles. The molecule has 0 radical (unpaired) electrons. The van der Waals surface area contributed by atoms with E-state index in [1.165, 1.54) is 0 Å². The van der Waals surface area contributed by atoms with Crippen LogP contribution in [0, 0.1) is 24.0 Å². The van der Waals surface area contributed by atoms with E-state index in [9.17, 15) is 8.78 Å². The molecular weight excluding hydrogens is 214 g/mol. The van der Waals surface area contributed by atoms with Crippen LogP contribution in [0.4, 0.5) is 8.78 Å². The van der Waals surface area contributed by atoms with E-state index in [2.05, 4.69) is 5.92 Å². The van der Waals surface area contributed by atoms with Crippen LogP contribution in [0.5, 0.6) is 5.75 Å². The van der Waals surface area contributed by atoms with Gasteiger partial charge in [-0.1, -0.05) is 0 Å². The maximum absolute atomic E-state index is 13.3. The van der Waals surface area contributed by atoms with E-state index < -0.39 is 24.0 Å². The van der Waals surface area contributed by atoms with Crippen molar-refractivity contribution in [2.75, 3.05) is 6.61 Å². The lowest BCUT2D eigenvalue weighted by Gasteiger charge is -2.08. The quantitative estimate of drug-likeness (QED) is 0.616. The molecule has 0 bridgehead atoms. The van der Waals surface area contributed by atoms with Gasteiger partial charge in [0.1, 0.15) is 0 Å². The standard InChI is InChI=1S/C12H12F2O2/c1-2-3-4-5-16-12-10(13)6-9(8-15)7-11(12)14/h1,6-7,15H,3-5,8H2. The van der Waals surface area contributed by atoms with Gasteiger partial charge in [0, 0.05) is 6.42 Å². The van der Waals surface area contributed by atoms with E-state index in [4.69, 9.17) is 16.3 Å². The predicted octanol–water partition coefficient (Wildman–Crippen LogP) is 2.25. The molecule has 2 nitrogen and oxygen atoms in total. The van der Waals surface area contributed by atoms with Crippen molar-refractivity contribution in [1.29, 1.82) is 0 Å². The molecule has 0 saturated heterocycles. The normalized spacial score (nSPS) is 9.88. The van der Waals surface area contributed by atoms with Gasteiger partial charge in [-0.15, -0.1) is 12.3 Å². The van der Waals surface area contributed by atoms with Crippen molar-refractivity contribution in [3.05, 3.63) is 29.3 Å². The summed E-state index contributed by atoms with van der Waals surface area (Å²) in [6, 6.07) is 2.08.